The van der Waals surface area contributed by atoms with Crippen LogP contribution in [0.2, 0.25) is 10.0 Å². The highest BCUT2D eigenvalue weighted by atomic mass is 35.5. The van der Waals surface area contributed by atoms with Crippen LogP contribution in [0.1, 0.15) is 5.56 Å². The van der Waals surface area contributed by atoms with E-state index in [-0.39, 0.29) is 34.5 Å². The first-order valence-electron chi connectivity index (χ1n) is 10.2. The molecular weight excluding hydrogens is 521 g/mol. The van der Waals surface area contributed by atoms with E-state index in [1.54, 1.807) is 24.3 Å². The summed E-state index contributed by atoms with van der Waals surface area (Å²) in [6, 6.07) is 17.8. The molecule has 36 heavy (non-hydrogen) atoms. The van der Waals surface area contributed by atoms with Gasteiger partial charge in [0, 0.05) is 16.8 Å². The Hall–Kier alpha value is -3.76. The lowest BCUT2D eigenvalue weighted by Crippen LogP contribution is -2.16. The van der Waals surface area contributed by atoms with Gasteiger partial charge in [-0.1, -0.05) is 41.4 Å². The van der Waals surface area contributed by atoms with Gasteiger partial charge in [-0.2, -0.15) is 10.1 Å². The Bertz CT molecular complexity index is 1360. The zero-order valence-electron chi connectivity index (χ0n) is 18.1. The maximum absolute atomic E-state index is 14.6. The number of alkyl halides is 3. The van der Waals surface area contributed by atoms with Crippen LogP contribution in [0.5, 0.6) is 5.75 Å². The molecule has 0 aliphatic heterocycles. The van der Waals surface area contributed by atoms with Crippen molar-refractivity contribution in [1.29, 1.82) is 0 Å². The summed E-state index contributed by atoms with van der Waals surface area (Å²) in [5.41, 5.74) is 1.47. The van der Waals surface area contributed by atoms with Gasteiger partial charge in [-0.25, -0.2) is 9.37 Å². The van der Waals surface area contributed by atoms with E-state index >= 15 is 0 Å². The summed E-state index contributed by atoms with van der Waals surface area (Å²) < 4.78 is 55.3. The van der Waals surface area contributed by atoms with Crippen LogP contribution in [0.15, 0.2) is 83.0 Å². The van der Waals surface area contributed by atoms with E-state index < -0.39 is 12.2 Å². The van der Waals surface area contributed by atoms with E-state index in [2.05, 4.69) is 30.3 Å². The highest BCUT2D eigenvalue weighted by Gasteiger charge is 2.30. The average Bonchev–Trinajstić information content (AvgIpc) is 2.81. The molecule has 12 heteroatoms. The molecule has 0 aliphatic carbocycles. The van der Waals surface area contributed by atoms with Crippen LogP contribution in [0.3, 0.4) is 0 Å². The van der Waals surface area contributed by atoms with E-state index in [0.29, 0.717) is 22.1 Å². The summed E-state index contributed by atoms with van der Waals surface area (Å²) in [5, 5.41) is 11.8. The first-order valence-corrected chi connectivity index (χ1v) is 11.0. The first kappa shape index (κ1) is 25.3. The standard InChI is InChI=1S/C24H15Cl2F4N5O/c25-15-6-8-16(9-7-15)32-21-12-20(22-18(26)2-1-3-19(22)27)33-23(34-21)35-31-13-14-4-10-17(11-5-14)36-24(28,29)30/h1-12H,13H2,(H,32,33,34). The second kappa shape index (κ2) is 10.9. The van der Waals surface area contributed by atoms with Crippen molar-refractivity contribution in [3.05, 3.63) is 94.2 Å². The number of hydrogen-bond donors (Lipinski definition) is 1. The molecule has 0 saturated heterocycles. The lowest BCUT2D eigenvalue weighted by molar-refractivity contribution is -0.274. The van der Waals surface area contributed by atoms with Gasteiger partial charge in [-0.3, -0.25) is 0 Å². The highest BCUT2D eigenvalue weighted by molar-refractivity contribution is 6.33. The molecular formula is C24H15Cl2F4N5O. The van der Waals surface area contributed by atoms with Crippen molar-refractivity contribution in [3.63, 3.8) is 0 Å². The Morgan fingerprint density at radius 2 is 1.64 bits per heavy atom. The first-order chi connectivity index (χ1) is 17.2. The molecule has 0 aliphatic rings. The zero-order chi connectivity index (χ0) is 25.7. The van der Waals surface area contributed by atoms with Crippen LogP contribution >= 0.6 is 23.2 Å². The minimum Gasteiger partial charge on any atom is -0.406 e. The van der Waals surface area contributed by atoms with Crippen LogP contribution in [0.25, 0.3) is 11.3 Å². The average molecular weight is 536 g/mol. The number of benzene rings is 3. The number of azo groups is 1. The van der Waals surface area contributed by atoms with Crippen molar-refractivity contribution in [2.45, 2.75) is 12.9 Å². The molecule has 1 aromatic heterocycles. The Labute approximate surface area is 212 Å². The molecule has 0 saturated carbocycles. The highest BCUT2D eigenvalue weighted by Crippen LogP contribution is 2.32. The van der Waals surface area contributed by atoms with E-state index in [9.17, 15) is 17.6 Å². The molecule has 6 nitrogen and oxygen atoms in total. The van der Waals surface area contributed by atoms with Crippen molar-refractivity contribution < 1.29 is 22.3 Å². The van der Waals surface area contributed by atoms with Crippen LogP contribution in [0.4, 0.5) is 35.0 Å². The molecule has 1 N–H and O–H groups in total. The van der Waals surface area contributed by atoms with Crippen molar-refractivity contribution in [3.8, 4) is 17.0 Å². The van der Waals surface area contributed by atoms with Gasteiger partial charge in [0.15, 0.2) is 0 Å². The molecule has 0 atom stereocenters. The third-order valence-electron chi connectivity index (χ3n) is 4.62. The quantitative estimate of drug-likeness (QED) is 0.190. The lowest BCUT2D eigenvalue weighted by Gasteiger charge is -2.10. The number of nitrogens with one attached hydrogen (secondary N) is 1. The molecule has 0 amide bonds. The minimum atomic E-state index is -4.78. The molecule has 0 radical (unpaired) electrons. The maximum Gasteiger partial charge on any atom is 0.573 e. The number of nitrogens with zero attached hydrogens (tertiary/aromatic N) is 4. The summed E-state index contributed by atoms with van der Waals surface area (Å²) >= 11 is 12.1. The van der Waals surface area contributed by atoms with E-state index in [1.165, 1.54) is 48.5 Å². The second-order valence-electron chi connectivity index (χ2n) is 7.26. The van der Waals surface area contributed by atoms with Crippen LogP contribution < -0.4 is 10.1 Å². The predicted octanol–water partition coefficient (Wildman–Crippen LogP) is 8.52. The number of anilines is 2. The SMILES string of the molecule is Fc1cccc(Cl)c1-c1cc(Nc2ccc(Cl)cc2)nc(N=NCc2ccc(OC(F)(F)F)cc2)n1. The monoisotopic (exact) mass is 535 g/mol. The summed E-state index contributed by atoms with van der Waals surface area (Å²) in [5.74, 6) is -0.717. The molecule has 0 fully saturated rings. The summed E-state index contributed by atoms with van der Waals surface area (Å²) in [6.45, 7) is 0.0281. The number of hydrogen-bond acceptors (Lipinski definition) is 6. The fraction of sp³-hybridized carbons (Fsp3) is 0.0833. The predicted molar refractivity (Wildman–Crippen MR) is 129 cm³/mol. The van der Waals surface area contributed by atoms with Crippen molar-refractivity contribution >= 4 is 40.7 Å². The van der Waals surface area contributed by atoms with Gasteiger partial charge in [-0.05, 0) is 54.1 Å². The molecule has 184 valence electrons. The fourth-order valence-corrected chi connectivity index (χ4v) is 3.46. The minimum absolute atomic E-state index is 0.0281. The third kappa shape index (κ3) is 6.89. The van der Waals surface area contributed by atoms with E-state index in [1.807, 2.05) is 0 Å². The summed E-state index contributed by atoms with van der Waals surface area (Å²) in [7, 11) is 0. The Morgan fingerprint density at radius 3 is 2.31 bits per heavy atom. The third-order valence-corrected chi connectivity index (χ3v) is 5.19. The smallest absolute Gasteiger partial charge is 0.406 e. The summed E-state index contributed by atoms with van der Waals surface area (Å²) in [4.78, 5) is 8.56. The van der Waals surface area contributed by atoms with E-state index in [0.717, 1.165) is 0 Å². The van der Waals surface area contributed by atoms with Gasteiger partial charge >= 0.3 is 6.36 Å². The molecule has 1 heterocycles. The van der Waals surface area contributed by atoms with Gasteiger partial charge in [0.05, 0.1) is 22.8 Å². The van der Waals surface area contributed by atoms with Crippen LogP contribution in [-0.4, -0.2) is 16.3 Å². The Kier molecular flexibility index (Phi) is 7.66. The van der Waals surface area contributed by atoms with Gasteiger partial charge in [0.25, 0.3) is 5.95 Å². The molecule has 0 bridgehead atoms. The van der Waals surface area contributed by atoms with E-state index in [4.69, 9.17) is 23.2 Å². The molecule has 0 spiro atoms. The van der Waals surface area contributed by atoms with Gasteiger partial charge in [0.1, 0.15) is 17.4 Å². The summed E-state index contributed by atoms with van der Waals surface area (Å²) in [6.07, 6.45) is -4.78. The maximum atomic E-state index is 14.6. The fourth-order valence-electron chi connectivity index (χ4n) is 3.07. The molecule has 4 aromatic rings. The van der Waals surface area contributed by atoms with Crippen LogP contribution in [0, 0.1) is 5.82 Å². The number of rotatable bonds is 7. The van der Waals surface area contributed by atoms with Gasteiger partial charge in [0.2, 0.25) is 0 Å². The van der Waals surface area contributed by atoms with Gasteiger partial charge < -0.3 is 10.1 Å². The largest absolute Gasteiger partial charge is 0.573 e. The van der Waals surface area contributed by atoms with Crippen molar-refractivity contribution in [1.82, 2.24) is 9.97 Å². The number of aromatic nitrogens is 2. The molecule has 3 aromatic carbocycles. The Balaban J connectivity index is 1.60. The molecule has 0 unspecified atom stereocenters. The van der Waals surface area contributed by atoms with Crippen molar-refractivity contribution in [2.24, 2.45) is 10.2 Å². The lowest BCUT2D eigenvalue weighted by atomic mass is 10.1. The Morgan fingerprint density at radius 1 is 0.917 bits per heavy atom. The number of ether oxygens (including phenoxy) is 1. The van der Waals surface area contributed by atoms with Crippen LogP contribution in [-0.2, 0) is 6.54 Å². The second-order valence-corrected chi connectivity index (χ2v) is 8.10. The van der Waals surface area contributed by atoms with Crippen molar-refractivity contribution in [2.75, 3.05) is 5.32 Å². The zero-order valence-corrected chi connectivity index (χ0v) is 19.6. The topological polar surface area (TPSA) is 71.8 Å². The van der Waals surface area contributed by atoms with Gasteiger partial charge in [-0.15, -0.1) is 18.3 Å². The normalized spacial score (nSPS) is 11.6. The number of halogens is 6. The molecule has 4 rings (SSSR count).